The van der Waals surface area contributed by atoms with Gasteiger partial charge in [-0.1, -0.05) is 20.8 Å². The topological polar surface area (TPSA) is 7.60 Å². The van der Waals surface area contributed by atoms with Gasteiger partial charge < -0.3 is 4.85 Å². The third-order valence-corrected chi connectivity index (χ3v) is 2.13. The second-order valence-corrected chi connectivity index (χ2v) is 4.87. The van der Waals surface area contributed by atoms with Crippen LogP contribution in [0.2, 0.25) is 0 Å². The highest BCUT2D eigenvalue weighted by molar-refractivity contribution is 4.89. The monoisotopic (exact) mass is 166 g/mol. The predicted octanol–water partition coefficient (Wildman–Crippen LogP) is 2.03. The summed E-state index contributed by atoms with van der Waals surface area (Å²) in [4.78, 5) is 5.98. The van der Waals surface area contributed by atoms with Crippen LogP contribution in [0.25, 0.3) is 4.85 Å². The molecule has 0 aromatic heterocycles. The van der Waals surface area contributed by atoms with Gasteiger partial charge in [0.2, 0.25) is 6.04 Å². The summed E-state index contributed by atoms with van der Waals surface area (Å²) < 4.78 is 0. The van der Waals surface area contributed by atoms with Gasteiger partial charge in [-0.15, -0.1) is 0 Å². The molecule has 68 valence electrons. The molecule has 0 aliphatic carbocycles. The minimum Gasteiger partial charge on any atom is -0.312 e. The molecule has 12 heavy (non-hydrogen) atoms. The van der Waals surface area contributed by atoms with Gasteiger partial charge in [-0.3, -0.25) is 4.90 Å². The Morgan fingerprint density at radius 3 is 2.58 bits per heavy atom. The van der Waals surface area contributed by atoms with Crippen molar-refractivity contribution in [2.75, 3.05) is 19.6 Å². The lowest BCUT2D eigenvalue weighted by Crippen LogP contribution is -2.31. The summed E-state index contributed by atoms with van der Waals surface area (Å²) in [6, 6.07) is 0.271. The summed E-state index contributed by atoms with van der Waals surface area (Å²) in [5, 5.41) is 0. The van der Waals surface area contributed by atoms with Crippen LogP contribution in [0.1, 0.15) is 27.2 Å². The van der Waals surface area contributed by atoms with E-state index in [1.165, 1.54) is 0 Å². The van der Waals surface area contributed by atoms with Crippen molar-refractivity contribution in [3.05, 3.63) is 11.4 Å². The molecule has 1 atom stereocenters. The van der Waals surface area contributed by atoms with Crippen molar-refractivity contribution in [3.63, 3.8) is 0 Å². The molecule has 0 aromatic carbocycles. The molecule has 0 aromatic rings. The number of hydrogen-bond donors (Lipinski definition) is 0. The van der Waals surface area contributed by atoms with Crippen LogP contribution in [0.3, 0.4) is 0 Å². The molecule has 0 radical (unpaired) electrons. The number of hydrogen-bond acceptors (Lipinski definition) is 1. The van der Waals surface area contributed by atoms with E-state index in [-0.39, 0.29) is 6.04 Å². The van der Waals surface area contributed by atoms with Gasteiger partial charge in [0.05, 0.1) is 6.54 Å². The minimum absolute atomic E-state index is 0.271. The van der Waals surface area contributed by atoms with Crippen LogP contribution in [0.15, 0.2) is 0 Å². The molecular formula is C10H18N2. The van der Waals surface area contributed by atoms with Crippen LogP contribution in [0.5, 0.6) is 0 Å². The lowest BCUT2D eigenvalue weighted by atomic mass is 9.96. The molecule has 2 nitrogen and oxygen atoms in total. The van der Waals surface area contributed by atoms with E-state index >= 15 is 0 Å². The third-order valence-electron chi connectivity index (χ3n) is 2.13. The largest absolute Gasteiger partial charge is 0.312 e. The number of likely N-dealkylation sites (tertiary alicyclic amines) is 1. The first-order chi connectivity index (χ1) is 5.51. The van der Waals surface area contributed by atoms with Crippen LogP contribution in [-0.2, 0) is 0 Å². The molecular weight excluding hydrogens is 148 g/mol. The van der Waals surface area contributed by atoms with Gasteiger partial charge in [0.15, 0.2) is 0 Å². The first-order valence-corrected chi connectivity index (χ1v) is 4.60. The Morgan fingerprint density at radius 2 is 2.17 bits per heavy atom. The van der Waals surface area contributed by atoms with Crippen molar-refractivity contribution in [2.24, 2.45) is 5.41 Å². The van der Waals surface area contributed by atoms with E-state index in [1.807, 2.05) is 0 Å². The Labute approximate surface area is 75.4 Å². The van der Waals surface area contributed by atoms with Crippen molar-refractivity contribution in [1.82, 2.24) is 4.90 Å². The standard InChI is InChI=1S/C10H18N2/c1-10(2,3)8-12-6-5-9(7-12)11-4/h9H,5-8H2,1-3H3. The van der Waals surface area contributed by atoms with Crippen molar-refractivity contribution >= 4 is 0 Å². The Hall–Kier alpha value is -0.550. The van der Waals surface area contributed by atoms with Crippen LogP contribution in [0, 0.1) is 12.0 Å². The highest BCUT2D eigenvalue weighted by atomic mass is 15.2. The van der Waals surface area contributed by atoms with Gasteiger partial charge in [-0.2, -0.15) is 0 Å². The molecule has 1 rings (SSSR count). The fourth-order valence-electron chi connectivity index (χ4n) is 1.73. The maximum Gasteiger partial charge on any atom is 0.237 e. The lowest BCUT2D eigenvalue weighted by Gasteiger charge is -2.25. The zero-order chi connectivity index (χ0) is 9.19. The van der Waals surface area contributed by atoms with Gasteiger partial charge in [-0.25, -0.2) is 6.57 Å². The highest BCUT2D eigenvalue weighted by Crippen LogP contribution is 2.20. The van der Waals surface area contributed by atoms with E-state index < -0.39 is 0 Å². The maximum atomic E-state index is 6.92. The van der Waals surface area contributed by atoms with Gasteiger partial charge in [0.25, 0.3) is 0 Å². The normalized spacial score (nSPS) is 25.7. The molecule has 1 saturated heterocycles. The first kappa shape index (κ1) is 9.54. The van der Waals surface area contributed by atoms with Gasteiger partial charge in [-0.05, 0) is 5.41 Å². The van der Waals surface area contributed by atoms with E-state index in [2.05, 4.69) is 30.5 Å². The Kier molecular flexibility index (Phi) is 2.74. The second-order valence-electron chi connectivity index (χ2n) is 4.87. The van der Waals surface area contributed by atoms with Crippen LogP contribution < -0.4 is 0 Å². The second kappa shape index (κ2) is 3.45. The van der Waals surface area contributed by atoms with E-state index in [0.29, 0.717) is 5.41 Å². The fourth-order valence-corrected chi connectivity index (χ4v) is 1.73. The average Bonchev–Trinajstić information content (AvgIpc) is 2.32. The average molecular weight is 166 g/mol. The minimum atomic E-state index is 0.271. The molecule has 1 unspecified atom stereocenters. The molecule has 1 heterocycles. The smallest absolute Gasteiger partial charge is 0.237 e. The fraction of sp³-hybridized carbons (Fsp3) is 0.900. The zero-order valence-electron chi connectivity index (χ0n) is 8.30. The van der Waals surface area contributed by atoms with Crippen LogP contribution in [0.4, 0.5) is 0 Å². The maximum absolute atomic E-state index is 6.92. The van der Waals surface area contributed by atoms with Gasteiger partial charge in [0.1, 0.15) is 0 Å². The van der Waals surface area contributed by atoms with Crippen molar-refractivity contribution < 1.29 is 0 Å². The van der Waals surface area contributed by atoms with Crippen LogP contribution >= 0.6 is 0 Å². The van der Waals surface area contributed by atoms with Crippen molar-refractivity contribution in [2.45, 2.75) is 33.2 Å². The van der Waals surface area contributed by atoms with Gasteiger partial charge in [0, 0.05) is 19.5 Å². The summed E-state index contributed by atoms with van der Waals surface area (Å²) in [6.07, 6.45) is 1.07. The summed E-state index contributed by atoms with van der Waals surface area (Å²) in [6.45, 7) is 16.9. The Balaban J connectivity index is 2.34. The molecule has 0 saturated carbocycles. The van der Waals surface area contributed by atoms with Gasteiger partial charge >= 0.3 is 0 Å². The molecule has 0 N–H and O–H groups in total. The third kappa shape index (κ3) is 2.83. The molecule has 1 aliphatic heterocycles. The lowest BCUT2D eigenvalue weighted by molar-refractivity contribution is 0.227. The quantitative estimate of drug-likeness (QED) is 0.541. The molecule has 0 bridgehead atoms. The molecule has 1 fully saturated rings. The molecule has 0 amide bonds. The summed E-state index contributed by atoms with van der Waals surface area (Å²) in [5.74, 6) is 0. The SMILES string of the molecule is [C-]#[N+]C1CCN(CC(C)(C)C)C1. The van der Waals surface area contributed by atoms with E-state index in [9.17, 15) is 0 Å². The summed E-state index contributed by atoms with van der Waals surface area (Å²) in [5.41, 5.74) is 0.372. The van der Waals surface area contributed by atoms with E-state index in [0.717, 1.165) is 26.1 Å². The number of rotatable bonds is 1. The first-order valence-electron chi connectivity index (χ1n) is 4.60. The molecule has 1 aliphatic rings. The predicted molar refractivity (Wildman–Crippen MR) is 50.9 cm³/mol. The molecule has 2 heteroatoms. The zero-order valence-corrected chi connectivity index (χ0v) is 8.30. The summed E-state index contributed by atoms with van der Waals surface area (Å²) >= 11 is 0. The Bertz CT molecular complexity index is 185. The highest BCUT2D eigenvalue weighted by Gasteiger charge is 2.28. The van der Waals surface area contributed by atoms with Crippen molar-refractivity contribution in [3.8, 4) is 0 Å². The van der Waals surface area contributed by atoms with Crippen molar-refractivity contribution in [1.29, 1.82) is 0 Å². The van der Waals surface area contributed by atoms with E-state index in [4.69, 9.17) is 6.57 Å². The molecule has 0 spiro atoms. The van der Waals surface area contributed by atoms with E-state index in [1.54, 1.807) is 0 Å². The van der Waals surface area contributed by atoms with Crippen LogP contribution in [-0.4, -0.2) is 30.6 Å². The summed E-state index contributed by atoms with van der Waals surface area (Å²) in [7, 11) is 0. The number of nitrogens with zero attached hydrogens (tertiary/aromatic N) is 2. The Morgan fingerprint density at radius 1 is 1.50 bits per heavy atom.